The van der Waals surface area contributed by atoms with E-state index in [4.69, 9.17) is 0 Å². The molecule has 0 spiro atoms. The third-order valence-electron chi connectivity index (χ3n) is 2.54. The second kappa shape index (κ2) is 4.29. The highest BCUT2D eigenvalue weighted by molar-refractivity contribution is 5.87. The molecule has 0 aromatic heterocycles. The first kappa shape index (κ1) is 9.30. The Hall–Kier alpha value is -0.790. The van der Waals surface area contributed by atoms with Crippen molar-refractivity contribution in [2.75, 3.05) is 0 Å². The second-order valence-electron chi connectivity index (χ2n) is 3.49. The average molecular weight is 167 g/mol. The first-order valence-electron chi connectivity index (χ1n) is 4.67. The topological polar surface area (TPSA) is 29.1 Å². The van der Waals surface area contributed by atoms with Gasteiger partial charge in [0, 0.05) is 6.04 Å². The SMILES string of the molecule is C/C=C/C(=O)NC(C)C1CCC1. The van der Waals surface area contributed by atoms with Crippen molar-refractivity contribution in [1.82, 2.24) is 5.32 Å². The van der Waals surface area contributed by atoms with Crippen LogP contribution in [0.5, 0.6) is 0 Å². The molecule has 1 N–H and O–H groups in total. The maximum absolute atomic E-state index is 11.1. The Morgan fingerprint density at radius 2 is 2.25 bits per heavy atom. The molecule has 1 atom stereocenters. The molecule has 0 aliphatic heterocycles. The molecule has 0 bridgehead atoms. The molecule has 2 heteroatoms. The van der Waals surface area contributed by atoms with Crippen molar-refractivity contribution < 1.29 is 4.79 Å². The largest absolute Gasteiger partial charge is 0.350 e. The molecule has 1 aliphatic carbocycles. The van der Waals surface area contributed by atoms with Crippen LogP contribution in [0.4, 0.5) is 0 Å². The Bertz CT molecular complexity index is 182. The van der Waals surface area contributed by atoms with E-state index in [1.54, 1.807) is 12.2 Å². The van der Waals surface area contributed by atoms with Gasteiger partial charge in [0.1, 0.15) is 0 Å². The monoisotopic (exact) mass is 167 g/mol. The zero-order valence-corrected chi connectivity index (χ0v) is 7.84. The smallest absolute Gasteiger partial charge is 0.243 e. The highest BCUT2D eigenvalue weighted by Crippen LogP contribution is 2.29. The normalized spacial score (nSPS) is 20.5. The van der Waals surface area contributed by atoms with E-state index in [1.165, 1.54) is 19.3 Å². The quantitative estimate of drug-likeness (QED) is 0.639. The average Bonchev–Trinajstić information content (AvgIpc) is 1.82. The van der Waals surface area contributed by atoms with Crippen molar-refractivity contribution in [2.45, 2.75) is 39.2 Å². The Morgan fingerprint density at radius 3 is 2.67 bits per heavy atom. The molecule has 2 nitrogen and oxygen atoms in total. The first-order valence-corrected chi connectivity index (χ1v) is 4.67. The number of carbonyl (C=O) groups is 1. The van der Waals surface area contributed by atoms with Crippen LogP contribution in [-0.4, -0.2) is 11.9 Å². The van der Waals surface area contributed by atoms with Gasteiger partial charge in [-0.1, -0.05) is 12.5 Å². The van der Waals surface area contributed by atoms with Gasteiger partial charge in [0.2, 0.25) is 5.91 Å². The minimum absolute atomic E-state index is 0.0388. The van der Waals surface area contributed by atoms with Gasteiger partial charge in [0.05, 0.1) is 0 Å². The Balaban J connectivity index is 2.24. The van der Waals surface area contributed by atoms with Gasteiger partial charge in [-0.2, -0.15) is 0 Å². The Labute approximate surface area is 74.0 Å². The molecule has 68 valence electrons. The van der Waals surface area contributed by atoms with Crippen LogP contribution in [0.2, 0.25) is 0 Å². The van der Waals surface area contributed by atoms with E-state index in [1.807, 2.05) is 6.92 Å². The Kier molecular flexibility index (Phi) is 3.32. The predicted octanol–water partition coefficient (Wildman–Crippen LogP) is 1.87. The highest BCUT2D eigenvalue weighted by Gasteiger charge is 2.24. The van der Waals surface area contributed by atoms with Crippen molar-refractivity contribution in [3.8, 4) is 0 Å². The van der Waals surface area contributed by atoms with Gasteiger partial charge in [0.15, 0.2) is 0 Å². The van der Waals surface area contributed by atoms with Crippen LogP contribution in [0.15, 0.2) is 12.2 Å². The van der Waals surface area contributed by atoms with E-state index < -0.39 is 0 Å². The van der Waals surface area contributed by atoms with Crippen LogP contribution in [0.3, 0.4) is 0 Å². The molecule has 0 aromatic carbocycles. The van der Waals surface area contributed by atoms with Crippen LogP contribution in [0, 0.1) is 5.92 Å². The number of rotatable bonds is 3. The van der Waals surface area contributed by atoms with Crippen molar-refractivity contribution in [1.29, 1.82) is 0 Å². The van der Waals surface area contributed by atoms with Crippen molar-refractivity contribution in [3.05, 3.63) is 12.2 Å². The summed E-state index contributed by atoms with van der Waals surface area (Å²) in [7, 11) is 0. The minimum Gasteiger partial charge on any atom is -0.350 e. The van der Waals surface area contributed by atoms with E-state index in [9.17, 15) is 4.79 Å². The van der Waals surface area contributed by atoms with Gasteiger partial charge in [-0.3, -0.25) is 4.79 Å². The van der Waals surface area contributed by atoms with E-state index in [-0.39, 0.29) is 5.91 Å². The van der Waals surface area contributed by atoms with Gasteiger partial charge >= 0.3 is 0 Å². The van der Waals surface area contributed by atoms with Crippen molar-refractivity contribution >= 4 is 5.91 Å². The fourth-order valence-electron chi connectivity index (χ4n) is 1.48. The fraction of sp³-hybridized carbons (Fsp3) is 0.700. The number of nitrogens with one attached hydrogen (secondary N) is 1. The lowest BCUT2D eigenvalue weighted by Gasteiger charge is -2.31. The zero-order valence-electron chi connectivity index (χ0n) is 7.84. The molecular formula is C10H17NO. The van der Waals surface area contributed by atoms with Gasteiger partial charge in [0.25, 0.3) is 0 Å². The summed E-state index contributed by atoms with van der Waals surface area (Å²) >= 11 is 0. The van der Waals surface area contributed by atoms with Gasteiger partial charge < -0.3 is 5.32 Å². The molecule has 0 radical (unpaired) electrons. The minimum atomic E-state index is 0.0388. The molecule has 1 unspecified atom stereocenters. The van der Waals surface area contributed by atoms with Crippen molar-refractivity contribution in [2.24, 2.45) is 5.92 Å². The molecule has 1 saturated carbocycles. The molecule has 1 aliphatic rings. The summed E-state index contributed by atoms with van der Waals surface area (Å²) in [5.74, 6) is 0.760. The fourth-order valence-corrected chi connectivity index (χ4v) is 1.48. The molecule has 12 heavy (non-hydrogen) atoms. The van der Waals surface area contributed by atoms with E-state index in [0.29, 0.717) is 6.04 Å². The van der Waals surface area contributed by atoms with Crippen LogP contribution in [0.25, 0.3) is 0 Å². The maximum atomic E-state index is 11.1. The summed E-state index contributed by atoms with van der Waals surface area (Å²) in [5, 5.41) is 2.96. The zero-order chi connectivity index (χ0) is 8.97. The van der Waals surface area contributed by atoms with Crippen LogP contribution in [-0.2, 0) is 4.79 Å². The van der Waals surface area contributed by atoms with Crippen LogP contribution >= 0.6 is 0 Å². The van der Waals surface area contributed by atoms with E-state index in [0.717, 1.165) is 5.92 Å². The number of carbonyl (C=O) groups excluding carboxylic acids is 1. The molecule has 0 aromatic rings. The molecule has 1 amide bonds. The van der Waals surface area contributed by atoms with E-state index >= 15 is 0 Å². The molecule has 0 heterocycles. The lowest BCUT2D eigenvalue weighted by atomic mass is 9.80. The number of amides is 1. The third kappa shape index (κ3) is 2.36. The summed E-state index contributed by atoms with van der Waals surface area (Å²) in [6.45, 7) is 3.94. The molecule has 0 saturated heterocycles. The lowest BCUT2D eigenvalue weighted by Crippen LogP contribution is -2.39. The summed E-state index contributed by atoms with van der Waals surface area (Å²) in [6.07, 6.45) is 7.22. The predicted molar refractivity (Wildman–Crippen MR) is 49.8 cm³/mol. The summed E-state index contributed by atoms with van der Waals surface area (Å²) in [4.78, 5) is 11.1. The number of hydrogen-bond acceptors (Lipinski definition) is 1. The number of allylic oxidation sites excluding steroid dienone is 1. The highest BCUT2D eigenvalue weighted by atomic mass is 16.1. The summed E-state index contributed by atoms with van der Waals surface area (Å²) in [5.41, 5.74) is 0. The van der Waals surface area contributed by atoms with E-state index in [2.05, 4.69) is 12.2 Å². The first-order chi connectivity index (χ1) is 5.74. The van der Waals surface area contributed by atoms with Crippen LogP contribution < -0.4 is 5.32 Å². The maximum Gasteiger partial charge on any atom is 0.243 e. The lowest BCUT2D eigenvalue weighted by molar-refractivity contribution is -0.117. The summed E-state index contributed by atoms with van der Waals surface area (Å²) < 4.78 is 0. The van der Waals surface area contributed by atoms with Crippen molar-refractivity contribution in [3.63, 3.8) is 0 Å². The van der Waals surface area contributed by atoms with Gasteiger partial charge in [-0.05, 0) is 38.7 Å². The van der Waals surface area contributed by atoms with Crippen LogP contribution in [0.1, 0.15) is 33.1 Å². The molecule has 1 fully saturated rings. The summed E-state index contributed by atoms with van der Waals surface area (Å²) in [6, 6.07) is 0.349. The third-order valence-corrected chi connectivity index (χ3v) is 2.54. The molecular weight excluding hydrogens is 150 g/mol. The standard InChI is InChI=1S/C10H17NO/c1-3-5-10(12)11-8(2)9-6-4-7-9/h3,5,8-9H,4,6-7H2,1-2H3,(H,11,12)/b5-3+. The second-order valence-corrected chi connectivity index (χ2v) is 3.49. The van der Waals surface area contributed by atoms with Gasteiger partial charge in [-0.15, -0.1) is 0 Å². The van der Waals surface area contributed by atoms with Gasteiger partial charge in [-0.25, -0.2) is 0 Å². The Morgan fingerprint density at radius 1 is 1.58 bits per heavy atom. The molecule has 1 rings (SSSR count). The number of hydrogen-bond donors (Lipinski definition) is 1.